The molecule has 21 heavy (non-hydrogen) atoms. The highest BCUT2D eigenvalue weighted by Crippen LogP contribution is 2.33. The molecule has 1 unspecified atom stereocenters. The topological polar surface area (TPSA) is 50.5 Å². The molecule has 4 nitrogen and oxygen atoms in total. The van der Waals surface area contributed by atoms with E-state index in [9.17, 15) is 10.5 Å². The Balaban J connectivity index is 1.99. The molecule has 0 bridgehead atoms. The van der Waals surface area contributed by atoms with Crippen molar-refractivity contribution in [3.8, 4) is 6.07 Å². The van der Waals surface area contributed by atoms with Crippen LogP contribution in [0.1, 0.15) is 24.4 Å². The monoisotopic (exact) mass is 279 g/mol. The number of benzene rings is 1. The van der Waals surface area contributed by atoms with Gasteiger partial charge in [-0.1, -0.05) is 18.2 Å². The summed E-state index contributed by atoms with van der Waals surface area (Å²) in [4.78, 5) is 2.41. The van der Waals surface area contributed by atoms with Gasteiger partial charge in [-0.05, 0) is 48.4 Å². The largest absolute Gasteiger partial charge is 0.292 e. The summed E-state index contributed by atoms with van der Waals surface area (Å²) in [5.41, 5.74) is 3.05. The molecule has 4 rings (SSSR count). The average molecular weight is 279 g/mol. The predicted octanol–water partition coefficient (Wildman–Crippen LogP) is 0.881. The maximum atomic E-state index is 9.84. The van der Waals surface area contributed by atoms with Crippen molar-refractivity contribution >= 4 is 11.8 Å². The van der Waals surface area contributed by atoms with Crippen molar-refractivity contribution in [1.82, 2.24) is 9.96 Å². The van der Waals surface area contributed by atoms with E-state index in [1.807, 2.05) is 18.2 Å². The molecule has 1 aliphatic carbocycles. The quantitative estimate of drug-likeness (QED) is 0.829. The van der Waals surface area contributed by atoms with Crippen LogP contribution in [0.4, 0.5) is 0 Å². The van der Waals surface area contributed by atoms with Gasteiger partial charge in [-0.15, -0.1) is 0 Å². The van der Waals surface area contributed by atoms with Gasteiger partial charge in [0.25, 0.3) is 0 Å². The number of likely N-dealkylation sites (tertiary alicyclic amines) is 1. The molecule has 1 N–H and O–H groups in total. The van der Waals surface area contributed by atoms with Crippen LogP contribution >= 0.6 is 0 Å². The minimum atomic E-state index is 0.0786. The van der Waals surface area contributed by atoms with Gasteiger partial charge in [0.05, 0.1) is 24.2 Å². The number of hydrogen-bond acceptors (Lipinski definition) is 4. The maximum Gasteiger partial charge on any atom is 0.0967 e. The number of nitriles is 1. The first-order chi connectivity index (χ1) is 10.3. The van der Waals surface area contributed by atoms with E-state index < -0.39 is 0 Å². The van der Waals surface area contributed by atoms with Crippen LogP contribution in [-0.4, -0.2) is 34.8 Å². The van der Waals surface area contributed by atoms with Gasteiger partial charge in [-0.3, -0.25) is 15.2 Å². The number of hydrogen-bond donors (Lipinski definition) is 1. The zero-order valence-electron chi connectivity index (χ0n) is 11.8. The van der Waals surface area contributed by atoms with Gasteiger partial charge in [0.15, 0.2) is 0 Å². The average Bonchev–Trinajstić information content (AvgIpc) is 3.00. The summed E-state index contributed by atoms with van der Waals surface area (Å²) in [6, 6.07) is 8.63. The first-order valence-corrected chi connectivity index (χ1v) is 7.43. The maximum absolute atomic E-state index is 9.84. The molecule has 1 atom stereocenters. The van der Waals surface area contributed by atoms with E-state index in [1.165, 1.54) is 28.7 Å². The Labute approximate surface area is 123 Å². The molecule has 1 saturated heterocycles. The first-order valence-electron chi connectivity index (χ1n) is 7.43. The predicted molar refractivity (Wildman–Crippen MR) is 79.3 cm³/mol. The van der Waals surface area contributed by atoms with E-state index >= 15 is 0 Å². The van der Waals surface area contributed by atoms with Crippen LogP contribution in [0.2, 0.25) is 0 Å². The van der Waals surface area contributed by atoms with Crippen molar-refractivity contribution in [2.75, 3.05) is 19.6 Å². The van der Waals surface area contributed by atoms with Crippen LogP contribution in [0.3, 0.4) is 0 Å². The Morgan fingerprint density at radius 2 is 2.05 bits per heavy atom. The molecule has 0 spiro atoms. The molecule has 2 aliphatic heterocycles. The van der Waals surface area contributed by atoms with Gasteiger partial charge in [-0.25, -0.2) is 0 Å². The van der Waals surface area contributed by atoms with E-state index in [0.29, 0.717) is 6.54 Å². The zero-order valence-corrected chi connectivity index (χ0v) is 11.8. The molecule has 0 aromatic heterocycles. The minimum Gasteiger partial charge on any atom is -0.292 e. The highest BCUT2D eigenvalue weighted by Gasteiger charge is 2.31. The molecule has 1 fully saturated rings. The Bertz CT molecular complexity index is 781. The van der Waals surface area contributed by atoms with Crippen molar-refractivity contribution in [2.24, 2.45) is 0 Å². The molecule has 106 valence electrons. The fourth-order valence-electron chi connectivity index (χ4n) is 3.79. The molecule has 0 saturated carbocycles. The molecule has 0 radical (unpaired) electrons. The molecule has 4 heteroatoms. The third-order valence-electron chi connectivity index (χ3n) is 4.62. The van der Waals surface area contributed by atoms with Crippen molar-refractivity contribution in [1.29, 1.82) is 5.26 Å². The summed E-state index contributed by atoms with van der Waals surface area (Å²) in [5, 5.41) is 22.9. The van der Waals surface area contributed by atoms with Gasteiger partial charge >= 0.3 is 0 Å². The second kappa shape index (κ2) is 4.73. The summed E-state index contributed by atoms with van der Waals surface area (Å²) in [6.07, 6.45) is 6.16. The van der Waals surface area contributed by atoms with Crippen molar-refractivity contribution in [3.63, 3.8) is 0 Å². The highest BCUT2D eigenvalue weighted by atomic mass is 16.5. The van der Waals surface area contributed by atoms with E-state index in [2.05, 4.69) is 17.0 Å². The third kappa shape index (κ3) is 1.90. The summed E-state index contributed by atoms with van der Waals surface area (Å²) < 4.78 is 0. The van der Waals surface area contributed by atoms with Crippen LogP contribution in [0.25, 0.3) is 11.8 Å². The summed E-state index contributed by atoms with van der Waals surface area (Å²) in [7, 11) is 0. The van der Waals surface area contributed by atoms with Crippen LogP contribution in [0, 0.1) is 11.3 Å². The summed E-state index contributed by atoms with van der Waals surface area (Å²) in [5.74, 6) is 0. The normalized spacial score (nSPS) is 24.2. The van der Waals surface area contributed by atoms with E-state index in [0.717, 1.165) is 29.5 Å². The smallest absolute Gasteiger partial charge is 0.0967 e. The minimum absolute atomic E-state index is 0.0786. The lowest BCUT2D eigenvalue weighted by Crippen LogP contribution is -2.44. The second-order valence-electron chi connectivity index (χ2n) is 5.92. The number of hydroxylamine groups is 2. The summed E-state index contributed by atoms with van der Waals surface area (Å²) >= 11 is 0. The van der Waals surface area contributed by atoms with E-state index in [1.54, 1.807) is 6.20 Å². The molecule has 2 heterocycles. The van der Waals surface area contributed by atoms with Crippen LogP contribution in [0.15, 0.2) is 29.8 Å². The number of rotatable bonds is 1. The molecular formula is C17H17N3O. The summed E-state index contributed by atoms with van der Waals surface area (Å²) in [6.45, 7) is 2.55. The Morgan fingerprint density at radius 1 is 1.24 bits per heavy atom. The molecule has 0 amide bonds. The molecule has 3 aliphatic rings. The van der Waals surface area contributed by atoms with Gasteiger partial charge < -0.3 is 0 Å². The standard InChI is InChI=1S/C17H17N3O/c18-9-13-8-14-11-20(21)10-12-4-3-5-15(16(12)14)17(13)19-6-1-2-7-19/h3-5,8,10,17,21H,1-2,6-7,11H2. The lowest BCUT2D eigenvalue weighted by molar-refractivity contribution is -0.00754. The van der Waals surface area contributed by atoms with Gasteiger partial charge in [0, 0.05) is 11.4 Å². The van der Waals surface area contributed by atoms with Gasteiger partial charge in [0.1, 0.15) is 0 Å². The fourth-order valence-corrected chi connectivity index (χ4v) is 3.79. The zero-order chi connectivity index (χ0) is 14.4. The van der Waals surface area contributed by atoms with Crippen LogP contribution in [-0.2, 0) is 0 Å². The SMILES string of the molecule is N#CC1=CC2=c3c(cccc3=CN(O)C2)C1N1CCCC1. The lowest BCUT2D eigenvalue weighted by atomic mass is 9.86. The van der Waals surface area contributed by atoms with Gasteiger partial charge in [-0.2, -0.15) is 5.26 Å². The highest BCUT2D eigenvalue weighted by molar-refractivity contribution is 5.69. The molecule has 1 aromatic rings. The Hall–Kier alpha value is -2.09. The van der Waals surface area contributed by atoms with Crippen molar-refractivity contribution < 1.29 is 5.21 Å². The van der Waals surface area contributed by atoms with E-state index in [4.69, 9.17) is 0 Å². The van der Waals surface area contributed by atoms with Crippen LogP contribution < -0.4 is 10.4 Å². The fraction of sp³-hybridized carbons (Fsp3) is 0.353. The van der Waals surface area contributed by atoms with Gasteiger partial charge in [0.2, 0.25) is 0 Å². The van der Waals surface area contributed by atoms with Crippen molar-refractivity contribution in [2.45, 2.75) is 18.9 Å². The second-order valence-corrected chi connectivity index (χ2v) is 5.92. The molecular weight excluding hydrogens is 262 g/mol. The van der Waals surface area contributed by atoms with Crippen molar-refractivity contribution in [3.05, 3.63) is 45.8 Å². The van der Waals surface area contributed by atoms with Crippen LogP contribution in [0.5, 0.6) is 0 Å². The molecule has 1 aromatic carbocycles. The van der Waals surface area contributed by atoms with E-state index in [-0.39, 0.29) is 6.04 Å². The lowest BCUT2D eigenvalue weighted by Gasteiger charge is -2.32. The Kier molecular flexibility index (Phi) is 2.85. The number of nitrogens with zero attached hydrogens (tertiary/aromatic N) is 3. The first kappa shape index (κ1) is 12.6. The Morgan fingerprint density at radius 3 is 2.81 bits per heavy atom. The third-order valence-corrected chi connectivity index (χ3v) is 4.62.